The molecule has 0 rings (SSSR count). The first-order valence-electron chi connectivity index (χ1n) is 16.3. The van der Waals surface area contributed by atoms with E-state index in [-0.39, 0.29) is 0 Å². The molecule has 0 saturated carbocycles. The summed E-state index contributed by atoms with van der Waals surface area (Å²) in [6.07, 6.45) is 42.9. The molecule has 0 radical (unpaired) electrons. The Bertz CT molecular complexity index is 301. The first kappa shape index (κ1) is 33.9. The molecular weight excluding hydrogens is 414 g/mol. The van der Waals surface area contributed by atoms with Crippen LogP contribution in [-0.4, -0.2) is 6.54 Å². The van der Waals surface area contributed by atoms with Gasteiger partial charge in [-0.3, -0.25) is 0 Å². The van der Waals surface area contributed by atoms with Crippen LogP contribution < -0.4 is 5.48 Å². The molecule has 0 aliphatic rings. The third kappa shape index (κ3) is 31.9. The normalized spacial score (nSPS) is 11.5. The van der Waals surface area contributed by atoms with Crippen molar-refractivity contribution in [3.63, 3.8) is 0 Å². The fourth-order valence-corrected chi connectivity index (χ4v) is 5.22. The first-order valence-corrected chi connectivity index (χ1v) is 16.3. The largest absolute Gasteiger partial charge is 0.788 e. The summed E-state index contributed by atoms with van der Waals surface area (Å²) >= 11 is 0. The smallest absolute Gasteiger partial charge is 0.0170 e. The number of unbranched alkanes of at least 4 members (excludes halogenated alkanes) is 29. The maximum atomic E-state index is 10.1. The molecule has 1 N–H and O–H groups in total. The number of hydrogen-bond acceptors (Lipinski definition) is 2. The summed E-state index contributed by atoms with van der Waals surface area (Å²) in [6, 6.07) is 0. The minimum atomic E-state index is 0.638. The monoisotopic (exact) mass is 481 g/mol. The van der Waals surface area contributed by atoms with E-state index in [1.165, 1.54) is 186 Å². The summed E-state index contributed by atoms with van der Waals surface area (Å²) in [7, 11) is 0. The molecule has 0 aromatic carbocycles. The second-order valence-electron chi connectivity index (χ2n) is 11.1. The molecule has 0 fully saturated rings. The minimum Gasteiger partial charge on any atom is -0.788 e. The fourth-order valence-electron chi connectivity index (χ4n) is 5.22. The topological polar surface area (TPSA) is 35.1 Å². The van der Waals surface area contributed by atoms with Crippen molar-refractivity contribution in [2.75, 3.05) is 6.54 Å². The van der Waals surface area contributed by atoms with Gasteiger partial charge in [-0.2, -0.15) is 0 Å². The zero-order valence-electron chi connectivity index (χ0n) is 23.8. The van der Waals surface area contributed by atoms with Gasteiger partial charge in [0.15, 0.2) is 0 Å². The van der Waals surface area contributed by atoms with Gasteiger partial charge in [-0.15, -0.1) is 0 Å². The van der Waals surface area contributed by atoms with Crippen molar-refractivity contribution in [1.82, 2.24) is 5.48 Å². The second-order valence-corrected chi connectivity index (χ2v) is 11.1. The molecule has 0 spiro atoms. The molecule has 0 heterocycles. The minimum absolute atomic E-state index is 0.638. The summed E-state index contributed by atoms with van der Waals surface area (Å²) in [5, 5.41) is 10.1. The van der Waals surface area contributed by atoms with Crippen molar-refractivity contribution in [1.29, 1.82) is 0 Å². The third-order valence-corrected chi connectivity index (χ3v) is 7.63. The van der Waals surface area contributed by atoms with Crippen LogP contribution in [0.3, 0.4) is 0 Å². The lowest BCUT2D eigenvalue weighted by Gasteiger charge is -2.06. The van der Waals surface area contributed by atoms with Crippen molar-refractivity contribution in [2.45, 2.75) is 200 Å². The molecule has 206 valence electrons. The lowest BCUT2D eigenvalue weighted by molar-refractivity contribution is 0.513. The molecule has 0 bridgehead atoms. The Kier molecular flexibility index (Phi) is 32.8. The predicted molar refractivity (Wildman–Crippen MR) is 156 cm³/mol. The average molecular weight is 481 g/mol. The maximum Gasteiger partial charge on any atom is -0.0170 e. The summed E-state index contributed by atoms with van der Waals surface area (Å²) in [5.74, 6) is 0. The molecule has 0 aromatic heterocycles. The highest BCUT2D eigenvalue weighted by atomic mass is 16.5. The van der Waals surface area contributed by atoms with Crippen molar-refractivity contribution in [3.8, 4) is 0 Å². The zero-order valence-corrected chi connectivity index (χ0v) is 23.8. The van der Waals surface area contributed by atoms with Crippen LogP contribution in [-0.2, 0) is 0 Å². The highest BCUT2D eigenvalue weighted by Crippen LogP contribution is 2.16. The van der Waals surface area contributed by atoms with E-state index in [4.69, 9.17) is 0 Å². The second kappa shape index (κ2) is 32.9. The van der Waals surface area contributed by atoms with Crippen molar-refractivity contribution in [2.24, 2.45) is 0 Å². The first-order chi connectivity index (χ1) is 16.9. The molecule has 0 aliphatic carbocycles. The van der Waals surface area contributed by atoms with Crippen molar-refractivity contribution in [3.05, 3.63) is 5.21 Å². The average Bonchev–Trinajstić information content (AvgIpc) is 2.85. The number of hydroxylamine groups is 1. The Hall–Kier alpha value is -0.0800. The van der Waals surface area contributed by atoms with Crippen molar-refractivity contribution >= 4 is 0 Å². The van der Waals surface area contributed by atoms with Gasteiger partial charge in [0.25, 0.3) is 0 Å². The number of nitrogens with one attached hydrogen (secondary N) is 1. The van der Waals surface area contributed by atoms with Crippen LogP contribution in [0.5, 0.6) is 0 Å². The Morgan fingerprint density at radius 2 is 0.471 bits per heavy atom. The van der Waals surface area contributed by atoms with E-state index in [1.54, 1.807) is 0 Å². The van der Waals surface area contributed by atoms with Gasteiger partial charge >= 0.3 is 0 Å². The fraction of sp³-hybridized carbons (Fsp3) is 1.00. The Morgan fingerprint density at radius 1 is 0.294 bits per heavy atom. The summed E-state index contributed by atoms with van der Waals surface area (Å²) in [4.78, 5) is 0. The van der Waals surface area contributed by atoms with E-state index in [0.717, 1.165) is 6.42 Å². The number of hydrogen-bond donors (Lipinski definition) is 1. The number of rotatable bonds is 31. The highest BCUT2D eigenvalue weighted by Gasteiger charge is 1.96. The van der Waals surface area contributed by atoms with Gasteiger partial charge in [0.05, 0.1) is 0 Å². The van der Waals surface area contributed by atoms with Crippen LogP contribution in [0.2, 0.25) is 0 Å². The molecule has 0 amide bonds. The Balaban J connectivity index is 2.99. The SMILES string of the molecule is CCCCCCCCCCCCCCCCCCCCCCCCCCCCCCCCN[O-]. The highest BCUT2D eigenvalue weighted by molar-refractivity contribution is 4.53. The van der Waals surface area contributed by atoms with Crippen LogP contribution in [0.4, 0.5) is 0 Å². The molecule has 0 unspecified atom stereocenters. The van der Waals surface area contributed by atoms with Gasteiger partial charge in [0.2, 0.25) is 0 Å². The molecule has 0 aliphatic heterocycles. The Morgan fingerprint density at radius 3 is 0.647 bits per heavy atom. The summed E-state index contributed by atoms with van der Waals surface area (Å²) < 4.78 is 0. The van der Waals surface area contributed by atoms with Gasteiger partial charge < -0.3 is 10.7 Å². The predicted octanol–water partition coefficient (Wildman–Crippen LogP) is 11.8. The molecule has 0 atom stereocenters. The Labute approximate surface area is 216 Å². The molecule has 2 heteroatoms. The summed E-state index contributed by atoms with van der Waals surface area (Å²) in [6.45, 7) is 2.94. The molecule has 0 aromatic rings. The van der Waals surface area contributed by atoms with Gasteiger partial charge in [-0.1, -0.05) is 193 Å². The van der Waals surface area contributed by atoms with E-state index in [2.05, 4.69) is 6.92 Å². The van der Waals surface area contributed by atoms with Crippen LogP contribution in [0, 0.1) is 5.21 Å². The van der Waals surface area contributed by atoms with Gasteiger partial charge in [-0.05, 0) is 13.0 Å². The van der Waals surface area contributed by atoms with Crippen LogP contribution in [0.25, 0.3) is 0 Å². The van der Waals surface area contributed by atoms with E-state index < -0.39 is 0 Å². The van der Waals surface area contributed by atoms with E-state index in [9.17, 15) is 5.21 Å². The van der Waals surface area contributed by atoms with E-state index in [0.29, 0.717) is 6.54 Å². The quantitative estimate of drug-likeness (QED) is 0.0790. The molecule has 0 saturated heterocycles. The molecular formula is C32H66NO-. The lowest BCUT2D eigenvalue weighted by Crippen LogP contribution is -2.04. The summed E-state index contributed by atoms with van der Waals surface area (Å²) in [5.41, 5.74) is 1.99. The van der Waals surface area contributed by atoms with Gasteiger partial charge in [0.1, 0.15) is 0 Å². The lowest BCUT2D eigenvalue weighted by atomic mass is 10.0. The van der Waals surface area contributed by atoms with Crippen LogP contribution >= 0.6 is 0 Å². The molecule has 2 nitrogen and oxygen atoms in total. The zero-order chi connectivity index (χ0) is 24.6. The third-order valence-electron chi connectivity index (χ3n) is 7.63. The van der Waals surface area contributed by atoms with E-state index >= 15 is 0 Å². The van der Waals surface area contributed by atoms with Gasteiger partial charge in [0, 0.05) is 0 Å². The maximum absolute atomic E-state index is 10.1. The van der Waals surface area contributed by atoms with Crippen LogP contribution in [0.1, 0.15) is 200 Å². The van der Waals surface area contributed by atoms with E-state index in [1.807, 2.05) is 5.48 Å². The van der Waals surface area contributed by atoms with Gasteiger partial charge in [-0.25, -0.2) is 0 Å². The standard InChI is InChI=1S/C32H66NO/c1-2-3-4-5-6-7-8-9-10-11-12-13-14-15-16-17-18-19-20-21-22-23-24-25-26-27-28-29-30-31-32-33-34/h33H,2-32H2,1H3/q-1. The molecule has 34 heavy (non-hydrogen) atoms. The van der Waals surface area contributed by atoms with Crippen molar-refractivity contribution < 1.29 is 0 Å². The van der Waals surface area contributed by atoms with Crippen LogP contribution in [0.15, 0.2) is 0 Å².